The van der Waals surface area contributed by atoms with Crippen LogP contribution in [0.3, 0.4) is 0 Å². The van der Waals surface area contributed by atoms with Gasteiger partial charge in [-0.1, -0.05) is 42.5 Å². The monoisotopic (exact) mass is 326 g/mol. The first kappa shape index (κ1) is 17.5. The van der Waals surface area contributed by atoms with E-state index in [1.807, 2.05) is 54.6 Å². The average molecular weight is 326 g/mol. The van der Waals surface area contributed by atoms with Crippen LogP contribution in [0.5, 0.6) is 5.75 Å². The summed E-state index contributed by atoms with van der Waals surface area (Å²) in [7, 11) is 1.61. The topological polar surface area (TPSA) is 67.4 Å². The van der Waals surface area contributed by atoms with Crippen LogP contribution in [0.4, 0.5) is 0 Å². The molecule has 2 amide bonds. The van der Waals surface area contributed by atoms with Crippen molar-refractivity contribution >= 4 is 11.8 Å². The van der Waals surface area contributed by atoms with Crippen LogP contribution in [0.15, 0.2) is 54.6 Å². The van der Waals surface area contributed by atoms with Gasteiger partial charge in [0.25, 0.3) is 0 Å². The van der Waals surface area contributed by atoms with E-state index in [1.165, 1.54) is 6.92 Å². The van der Waals surface area contributed by atoms with Crippen molar-refractivity contribution in [1.29, 1.82) is 0 Å². The van der Waals surface area contributed by atoms with Crippen LogP contribution in [0, 0.1) is 0 Å². The predicted octanol–water partition coefficient (Wildman–Crippen LogP) is 2.58. The van der Waals surface area contributed by atoms with Gasteiger partial charge in [0.05, 0.1) is 19.6 Å². The Hall–Kier alpha value is -2.82. The Morgan fingerprint density at radius 1 is 1.08 bits per heavy atom. The lowest BCUT2D eigenvalue weighted by molar-refractivity contribution is -0.122. The van der Waals surface area contributed by atoms with E-state index in [2.05, 4.69) is 10.6 Å². The highest BCUT2D eigenvalue weighted by atomic mass is 16.5. The van der Waals surface area contributed by atoms with Gasteiger partial charge in [0.1, 0.15) is 5.75 Å². The van der Waals surface area contributed by atoms with Crippen molar-refractivity contribution in [2.24, 2.45) is 0 Å². The van der Waals surface area contributed by atoms with Gasteiger partial charge in [-0.3, -0.25) is 9.59 Å². The van der Waals surface area contributed by atoms with Crippen LogP contribution >= 0.6 is 0 Å². The highest BCUT2D eigenvalue weighted by Crippen LogP contribution is 2.17. The number of nitrogens with one attached hydrogen (secondary N) is 2. The van der Waals surface area contributed by atoms with Crippen LogP contribution in [-0.2, 0) is 16.1 Å². The van der Waals surface area contributed by atoms with Crippen molar-refractivity contribution in [2.75, 3.05) is 7.11 Å². The number of hydrogen-bond donors (Lipinski definition) is 2. The second-order valence-electron chi connectivity index (χ2n) is 5.50. The molecule has 24 heavy (non-hydrogen) atoms. The van der Waals surface area contributed by atoms with Gasteiger partial charge in [-0.05, 0) is 23.3 Å². The predicted molar refractivity (Wildman–Crippen MR) is 92.5 cm³/mol. The molecule has 2 aromatic rings. The standard InChI is InChI=1S/C19H22N2O3/c1-14(22)21-18(16-8-4-3-5-9-16)12-19(23)20-13-15-7-6-10-17(11-15)24-2/h3-11,18H,12-13H2,1-2H3,(H,20,23)(H,21,22)/t18-/m0/s1. The van der Waals surface area contributed by atoms with E-state index in [9.17, 15) is 9.59 Å². The van der Waals surface area contributed by atoms with E-state index in [1.54, 1.807) is 7.11 Å². The molecule has 2 N–H and O–H groups in total. The second-order valence-corrected chi connectivity index (χ2v) is 5.50. The zero-order valence-corrected chi connectivity index (χ0v) is 13.9. The molecule has 0 saturated carbocycles. The summed E-state index contributed by atoms with van der Waals surface area (Å²) in [6.07, 6.45) is 0.188. The maximum atomic E-state index is 12.2. The number of hydrogen-bond acceptors (Lipinski definition) is 3. The Morgan fingerprint density at radius 2 is 1.83 bits per heavy atom. The van der Waals surface area contributed by atoms with E-state index in [0.29, 0.717) is 6.54 Å². The largest absolute Gasteiger partial charge is 0.497 e. The molecular formula is C19H22N2O3. The number of carbonyl (C=O) groups is 2. The third-order valence-corrected chi connectivity index (χ3v) is 3.59. The normalized spacial score (nSPS) is 11.4. The van der Waals surface area contributed by atoms with Crippen LogP contribution in [-0.4, -0.2) is 18.9 Å². The molecule has 0 unspecified atom stereocenters. The maximum absolute atomic E-state index is 12.2. The molecule has 0 aliphatic rings. The minimum atomic E-state index is -0.339. The third kappa shape index (κ3) is 5.43. The summed E-state index contributed by atoms with van der Waals surface area (Å²) in [5, 5.41) is 5.70. The Labute approximate surface area is 142 Å². The van der Waals surface area contributed by atoms with Crippen molar-refractivity contribution < 1.29 is 14.3 Å². The molecule has 0 heterocycles. The zero-order chi connectivity index (χ0) is 17.4. The van der Waals surface area contributed by atoms with Crippen molar-refractivity contribution in [1.82, 2.24) is 10.6 Å². The minimum absolute atomic E-state index is 0.125. The summed E-state index contributed by atoms with van der Waals surface area (Å²) in [4.78, 5) is 23.6. The van der Waals surface area contributed by atoms with Crippen LogP contribution in [0.25, 0.3) is 0 Å². The van der Waals surface area contributed by atoms with Crippen molar-refractivity contribution in [2.45, 2.75) is 25.9 Å². The minimum Gasteiger partial charge on any atom is -0.497 e. The number of rotatable bonds is 7. The van der Waals surface area contributed by atoms with E-state index in [0.717, 1.165) is 16.9 Å². The van der Waals surface area contributed by atoms with Gasteiger partial charge in [0, 0.05) is 13.5 Å². The molecule has 1 atom stereocenters. The van der Waals surface area contributed by atoms with Gasteiger partial charge in [-0.2, -0.15) is 0 Å². The maximum Gasteiger partial charge on any atom is 0.222 e. The lowest BCUT2D eigenvalue weighted by Crippen LogP contribution is -2.32. The molecule has 2 aromatic carbocycles. The number of amides is 2. The summed E-state index contributed by atoms with van der Waals surface area (Å²) < 4.78 is 5.17. The van der Waals surface area contributed by atoms with E-state index < -0.39 is 0 Å². The summed E-state index contributed by atoms with van der Waals surface area (Å²) >= 11 is 0. The van der Waals surface area contributed by atoms with E-state index >= 15 is 0 Å². The lowest BCUT2D eigenvalue weighted by Gasteiger charge is -2.18. The molecule has 126 valence electrons. The van der Waals surface area contributed by atoms with Crippen LogP contribution in [0.1, 0.15) is 30.5 Å². The fourth-order valence-corrected chi connectivity index (χ4v) is 2.42. The quantitative estimate of drug-likeness (QED) is 0.822. The Bertz CT molecular complexity index is 686. The fourth-order valence-electron chi connectivity index (χ4n) is 2.42. The van der Waals surface area contributed by atoms with Gasteiger partial charge < -0.3 is 15.4 Å². The molecule has 5 nitrogen and oxygen atoms in total. The van der Waals surface area contributed by atoms with Gasteiger partial charge >= 0.3 is 0 Å². The zero-order valence-electron chi connectivity index (χ0n) is 13.9. The molecule has 0 aromatic heterocycles. The Balaban J connectivity index is 1.96. The first-order valence-corrected chi connectivity index (χ1v) is 7.80. The van der Waals surface area contributed by atoms with Crippen molar-refractivity contribution in [3.8, 4) is 5.75 Å². The van der Waals surface area contributed by atoms with Gasteiger partial charge in [0.15, 0.2) is 0 Å². The number of methoxy groups -OCH3 is 1. The first-order valence-electron chi connectivity index (χ1n) is 7.80. The van der Waals surface area contributed by atoms with Gasteiger partial charge in [0.2, 0.25) is 11.8 Å². The van der Waals surface area contributed by atoms with Crippen molar-refractivity contribution in [3.05, 3.63) is 65.7 Å². The SMILES string of the molecule is COc1cccc(CNC(=O)C[C@H](NC(C)=O)c2ccccc2)c1. The molecule has 0 aliphatic heterocycles. The van der Waals surface area contributed by atoms with Crippen molar-refractivity contribution in [3.63, 3.8) is 0 Å². The summed E-state index contributed by atoms with van der Waals surface area (Å²) in [5.74, 6) is 0.465. The number of carbonyl (C=O) groups excluding carboxylic acids is 2. The third-order valence-electron chi connectivity index (χ3n) is 3.59. The smallest absolute Gasteiger partial charge is 0.222 e. The Kier molecular flexibility index (Phi) is 6.37. The summed E-state index contributed by atoms with van der Waals surface area (Å²) in [6, 6.07) is 16.7. The lowest BCUT2D eigenvalue weighted by atomic mass is 10.0. The molecule has 0 bridgehead atoms. The molecular weight excluding hydrogens is 304 g/mol. The Morgan fingerprint density at radius 3 is 2.50 bits per heavy atom. The van der Waals surface area contributed by atoms with Gasteiger partial charge in [-0.25, -0.2) is 0 Å². The van der Waals surface area contributed by atoms with Crippen LogP contribution in [0.2, 0.25) is 0 Å². The fraction of sp³-hybridized carbons (Fsp3) is 0.263. The number of ether oxygens (including phenoxy) is 1. The summed E-state index contributed by atoms with van der Waals surface area (Å²) in [5.41, 5.74) is 1.86. The average Bonchev–Trinajstić information content (AvgIpc) is 2.60. The highest BCUT2D eigenvalue weighted by Gasteiger charge is 2.16. The molecule has 0 saturated heterocycles. The molecule has 0 radical (unpaired) electrons. The molecule has 0 aliphatic carbocycles. The highest BCUT2D eigenvalue weighted by molar-refractivity contribution is 5.79. The van der Waals surface area contributed by atoms with E-state index in [-0.39, 0.29) is 24.3 Å². The first-order chi connectivity index (χ1) is 11.6. The molecule has 2 rings (SSSR count). The van der Waals surface area contributed by atoms with Crippen LogP contribution < -0.4 is 15.4 Å². The summed E-state index contributed by atoms with van der Waals surface area (Å²) in [6.45, 7) is 1.86. The van der Waals surface area contributed by atoms with E-state index in [4.69, 9.17) is 4.74 Å². The van der Waals surface area contributed by atoms with Gasteiger partial charge in [-0.15, -0.1) is 0 Å². The molecule has 0 fully saturated rings. The molecule has 5 heteroatoms. The number of benzene rings is 2. The molecule has 0 spiro atoms. The second kappa shape index (κ2) is 8.72.